The van der Waals surface area contributed by atoms with Crippen LogP contribution in [0.1, 0.15) is 41.6 Å². The number of carbonyl (C=O) groups excluding carboxylic acids is 1. The molecular weight excluding hydrogens is 329 g/mol. The predicted molar refractivity (Wildman–Crippen MR) is 97.3 cm³/mol. The summed E-state index contributed by atoms with van der Waals surface area (Å²) in [6.45, 7) is 6.17. The smallest absolute Gasteiger partial charge is 0.220 e. The van der Waals surface area contributed by atoms with Gasteiger partial charge in [0.25, 0.3) is 0 Å². The molecule has 1 atom stereocenters. The van der Waals surface area contributed by atoms with Gasteiger partial charge in [-0.05, 0) is 61.6 Å². The number of benzene rings is 2. The van der Waals surface area contributed by atoms with Gasteiger partial charge in [-0.3, -0.25) is 4.79 Å². The second-order valence-corrected chi connectivity index (χ2v) is 6.70. The van der Waals surface area contributed by atoms with Crippen molar-refractivity contribution in [3.63, 3.8) is 0 Å². The topological polar surface area (TPSA) is 29.1 Å². The number of hydrogen-bond acceptors (Lipinski definition) is 1. The van der Waals surface area contributed by atoms with Crippen LogP contribution in [-0.4, -0.2) is 5.91 Å². The molecule has 2 aromatic rings. The molecule has 0 spiro atoms. The molecule has 2 nitrogen and oxygen atoms in total. The maximum Gasteiger partial charge on any atom is 0.220 e. The van der Waals surface area contributed by atoms with Crippen molar-refractivity contribution in [2.45, 2.75) is 39.7 Å². The second-order valence-electron chi connectivity index (χ2n) is 5.88. The van der Waals surface area contributed by atoms with Crippen molar-refractivity contribution in [2.75, 3.05) is 0 Å². The van der Waals surface area contributed by atoms with E-state index in [0.717, 1.165) is 11.1 Å². The van der Waals surface area contributed by atoms with E-state index in [1.807, 2.05) is 19.1 Å². The van der Waals surface area contributed by atoms with Gasteiger partial charge in [0.1, 0.15) is 0 Å². The third-order valence-electron chi connectivity index (χ3n) is 4.03. The Kier molecular flexibility index (Phi) is 6.09. The highest BCUT2D eigenvalue weighted by Gasteiger charge is 2.10. The van der Waals surface area contributed by atoms with E-state index in [-0.39, 0.29) is 11.9 Å². The van der Waals surface area contributed by atoms with Crippen LogP contribution in [0.3, 0.4) is 0 Å². The van der Waals surface area contributed by atoms with Crippen molar-refractivity contribution in [3.8, 4) is 0 Å². The van der Waals surface area contributed by atoms with E-state index in [4.69, 9.17) is 23.2 Å². The highest BCUT2D eigenvalue weighted by Crippen LogP contribution is 2.23. The third kappa shape index (κ3) is 4.98. The lowest BCUT2D eigenvalue weighted by atomic mass is 10.0. The van der Waals surface area contributed by atoms with Crippen molar-refractivity contribution in [3.05, 3.63) is 68.7 Å². The molecule has 1 amide bonds. The Balaban J connectivity index is 1.90. The minimum absolute atomic E-state index is 0.00407. The van der Waals surface area contributed by atoms with Gasteiger partial charge in [-0.25, -0.2) is 0 Å². The van der Waals surface area contributed by atoms with Gasteiger partial charge in [0.05, 0.1) is 16.1 Å². The van der Waals surface area contributed by atoms with Crippen molar-refractivity contribution in [1.82, 2.24) is 5.32 Å². The molecule has 0 aliphatic heterocycles. The SMILES string of the molecule is Cc1ccc([C@@H](C)NC(=O)CCc2ccc(Cl)c(Cl)c2)cc1C. The molecule has 0 saturated carbocycles. The molecule has 0 fully saturated rings. The Morgan fingerprint density at radius 1 is 1.04 bits per heavy atom. The molecule has 0 heterocycles. The number of aryl methyl sites for hydroxylation is 3. The molecule has 2 rings (SSSR count). The molecule has 122 valence electrons. The summed E-state index contributed by atoms with van der Waals surface area (Å²) in [5.41, 5.74) is 4.62. The van der Waals surface area contributed by atoms with E-state index < -0.39 is 0 Å². The zero-order chi connectivity index (χ0) is 17.0. The number of carbonyl (C=O) groups is 1. The van der Waals surface area contributed by atoms with Crippen LogP contribution in [0.4, 0.5) is 0 Å². The first kappa shape index (κ1) is 17.8. The van der Waals surface area contributed by atoms with Gasteiger partial charge in [-0.15, -0.1) is 0 Å². The lowest BCUT2D eigenvalue weighted by Crippen LogP contribution is -2.26. The van der Waals surface area contributed by atoms with E-state index in [9.17, 15) is 4.79 Å². The maximum absolute atomic E-state index is 12.1. The lowest BCUT2D eigenvalue weighted by Gasteiger charge is -2.16. The lowest BCUT2D eigenvalue weighted by molar-refractivity contribution is -0.121. The monoisotopic (exact) mass is 349 g/mol. The molecule has 0 aliphatic rings. The molecule has 0 aromatic heterocycles. The summed E-state index contributed by atoms with van der Waals surface area (Å²) < 4.78 is 0. The Labute approximate surface area is 147 Å². The van der Waals surface area contributed by atoms with Crippen LogP contribution in [0.2, 0.25) is 10.0 Å². The van der Waals surface area contributed by atoms with Crippen LogP contribution in [0.25, 0.3) is 0 Å². The zero-order valence-electron chi connectivity index (χ0n) is 13.6. The van der Waals surface area contributed by atoms with Crippen molar-refractivity contribution in [1.29, 1.82) is 0 Å². The van der Waals surface area contributed by atoms with Gasteiger partial charge < -0.3 is 5.32 Å². The summed E-state index contributed by atoms with van der Waals surface area (Å²) in [5.74, 6) is 0.0294. The standard InChI is InChI=1S/C19H21Cl2NO/c1-12-4-7-16(10-13(12)2)14(3)22-19(23)9-6-15-5-8-17(20)18(21)11-15/h4-5,7-8,10-11,14H,6,9H2,1-3H3,(H,22,23)/t14-/m1/s1. The number of nitrogens with one attached hydrogen (secondary N) is 1. The van der Waals surface area contributed by atoms with Crippen LogP contribution in [0.15, 0.2) is 36.4 Å². The van der Waals surface area contributed by atoms with E-state index in [1.54, 1.807) is 6.07 Å². The normalized spacial score (nSPS) is 12.0. The summed E-state index contributed by atoms with van der Waals surface area (Å²) in [6.07, 6.45) is 1.06. The zero-order valence-corrected chi connectivity index (χ0v) is 15.1. The number of halogens is 2. The molecule has 2 aromatic carbocycles. The number of hydrogen-bond donors (Lipinski definition) is 1. The first-order valence-corrected chi connectivity index (χ1v) is 8.43. The van der Waals surface area contributed by atoms with Crippen molar-refractivity contribution < 1.29 is 4.79 Å². The summed E-state index contributed by atoms with van der Waals surface area (Å²) in [4.78, 5) is 12.1. The maximum atomic E-state index is 12.1. The fourth-order valence-corrected chi connectivity index (χ4v) is 2.70. The number of rotatable bonds is 5. The van der Waals surface area contributed by atoms with Crippen LogP contribution in [-0.2, 0) is 11.2 Å². The third-order valence-corrected chi connectivity index (χ3v) is 4.77. The van der Waals surface area contributed by atoms with E-state index in [1.165, 1.54) is 11.1 Å². The quantitative estimate of drug-likeness (QED) is 0.766. The molecule has 0 aliphatic carbocycles. The van der Waals surface area contributed by atoms with Crippen LogP contribution in [0, 0.1) is 13.8 Å². The van der Waals surface area contributed by atoms with Gasteiger partial charge in [0.15, 0.2) is 0 Å². The predicted octanol–water partition coefficient (Wildman–Crippen LogP) is 5.42. The minimum Gasteiger partial charge on any atom is -0.350 e. The highest BCUT2D eigenvalue weighted by atomic mass is 35.5. The van der Waals surface area contributed by atoms with E-state index in [0.29, 0.717) is 22.9 Å². The van der Waals surface area contributed by atoms with Crippen molar-refractivity contribution in [2.24, 2.45) is 0 Å². The van der Waals surface area contributed by atoms with Crippen LogP contribution < -0.4 is 5.32 Å². The largest absolute Gasteiger partial charge is 0.350 e. The summed E-state index contributed by atoms with van der Waals surface area (Å²) in [5, 5.41) is 4.09. The first-order valence-electron chi connectivity index (χ1n) is 7.67. The average Bonchev–Trinajstić information content (AvgIpc) is 2.51. The minimum atomic E-state index is -0.00407. The van der Waals surface area contributed by atoms with Gasteiger partial charge in [0.2, 0.25) is 5.91 Å². The van der Waals surface area contributed by atoms with E-state index >= 15 is 0 Å². The molecule has 0 unspecified atom stereocenters. The van der Waals surface area contributed by atoms with Gasteiger partial charge in [0, 0.05) is 6.42 Å². The van der Waals surface area contributed by atoms with Gasteiger partial charge >= 0.3 is 0 Å². The summed E-state index contributed by atoms with van der Waals surface area (Å²) in [7, 11) is 0. The molecule has 0 bridgehead atoms. The Morgan fingerprint density at radius 3 is 2.43 bits per heavy atom. The fourth-order valence-electron chi connectivity index (χ4n) is 2.38. The van der Waals surface area contributed by atoms with Gasteiger partial charge in [-0.1, -0.05) is 47.5 Å². The van der Waals surface area contributed by atoms with Crippen LogP contribution in [0.5, 0.6) is 0 Å². The molecule has 0 saturated heterocycles. The van der Waals surface area contributed by atoms with Crippen molar-refractivity contribution >= 4 is 29.1 Å². The second kappa shape index (κ2) is 7.85. The summed E-state index contributed by atoms with van der Waals surface area (Å²) in [6, 6.07) is 11.7. The van der Waals surface area contributed by atoms with Gasteiger partial charge in [-0.2, -0.15) is 0 Å². The Bertz CT molecular complexity index is 713. The first-order chi connectivity index (χ1) is 10.9. The molecule has 23 heavy (non-hydrogen) atoms. The Morgan fingerprint density at radius 2 is 1.78 bits per heavy atom. The number of amides is 1. The van der Waals surface area contributed by atoms with E-state index in [2.05, 4.69) is 37.4 Å². The summed E-state index contributed by atoms with van der Waals surface area (Å²) >= 11 is 11.9. The highest BCUT2D eigenvalue weighted by molar-refractivity contribution is 6.42. The van der Waals surface area contributed by atoms with Crippen LogP contribution >= 0.6 is 23.2 Å². The Hall–Kier alpha value is -1.51. The fraction of sp³-hybridized carbons (Fsp3) is 0.316. The molecular formula is C19H21Cl2NO. The molecule has 4 heteroatoms. The molecule has 1 N–H and O–H groups in total. The average molecular weight is 350 g/mol. The molecule has 0 radical (unpaired) electrons.